The summed E-state index contributed by atoms with van der Waals surface area (Å²) in [6.07, 6.45) is 2.82. The Balaban J connectivity index is 2.58. The number of aryl methyl sites for hydroxylation is 1. The zero-order chi connectivity index (χ0) is 8.81. The van der Waals surface area contributed by atoms with E-state index in [9.17, 15) is 0 Å². The van der Waals surface area contributed by atoms with Crippen LogP contribution in [-0.4, -0.2) is 11.5 Å². The average molecular weight is 163 g/mol. The Kier molecular flexibility index (Phi) is 3.38. The molecule has 0 fully saturated rings. The number of pyridine rings is 1. The van der Waals surface area contributed by atoms with Crippen molar-refractivity contribution < 1.29 is 0 Å². The summed E-state index contributed by atoms with van der Waals surface area (Å²) in [7, 11) is 0. The van der Waals surface area contributed by atoms with E-state index in [0.29, 0.717) is 5.82 Å². The van der Waals surface area contributed by atoms with Gasteiger partial charge in [0, 0.05) is 6.20 Å². The minimum Gasteiger partial charge on any atom is -0.235 e. The Morgan fingerprint density at radius 1 is 1.42 bits per heavy atom. The molecular weight excluding hydrogens is 150 g/mol. The van der Waals surface area contributed by atoms with Crippen molar-refractivity contribution in [2.75, 3.05) is 6.54 Å². The maximum absolute atomic E-state index is 4.09. The lowest BCUT2D eigenvalue weighted by Crippen LogP contribution is -1.76. The van der Waals surface area contributed by atoms with Gasteiger partial charge in [-0.05, 0) is 25.0 Å². The largest absolute Gasteiger partial charge is 0.235 e. The highest BCUT2D eigenvalue weighted by Crippen LogP contribution is 2.07. The summed E-state index contributed by atoms with van der Waals surface area (Å²) < 4.78 is 0. The highest BCUT2D eigenvalue weighted by Gasteiger charge is 1.88. The van der Waals surface area contributed by atoms with Crippen LogP contribution in [0.3, 0.4) is 0 Å². The van der Waals surface area contributed by atoms with Crippen LogP contribution in [0.2, 0.25) is 0 Å². The predicted octanol–water partition coefficient (Wildman–Crippen LogP) is 2.88. The Bertz CT molecular complexity index is 251. The van der Waals surface area contributed by atoms with Crippen molar-refractivity contribution in [3.63, 3.8) is 0 Å². The third kappa shape index (κ3) is 2.78. The van der Waals surface area contributed by atoms with E-state index in [4.69, 9.17) is 0 Å². The number of aromatic nitrogens is 1. The van der Waals surface area contributed by atoms with Gasteiger partial charge in [-0.25, -0.2) is 4.98 Å². The van der Waals surface area contributed by atoms with Gasteiger partial charge < -0.3 is 0 Å². The third-order valence-corrected chi connectivity index (χ3v) is 1.39. The fourth-order valence-corrected chi connectivity index (χ4v) is 0.742. The molecule has 0 unspecified atom stereocenters. The Labute approximate surface area is 72.6 Å². The van der Waals surface area contributed by atoms with E-state index in [1.165, 1.54) is 0 Å². The highest BCUT2D eigenvalue weighted by molar-refractivity contribution is 5.27. The zero-order valence-corrected chi connectivity index (χ0v) is 7.49. The van der Waals surface area contributed by atoms with E-state index < -0.39 is 0 Å². The van der Waals surface area contributed by atoms with Crippen LogP contribution in [-0.2, 0) is 0 Å². The molecule has 0 spiro atoms. The third-order valence-electron chi connectivity index (χ3n) is 1.39. The molecule has 1 rings (SSSR count). The van der Waals surface area contributed by atoms with Crippen LogP contribution in [0.4, 0.5) is 5.82 Å². The van der Waals surface area contributed by atoms with Gasteiger partial charge in [-0.1, -0.05) is 13.0 Å². The molecule has 0 saturated carbocycles. The molecule has 0 amide bonds. The molecule has 0 bridgehead atoms. The summed E-state index contributed by atoms with van der Waals surface area (Å²) >= 11 is 0. The fraction of sp³-hybridized carbons (Fsp3) is 0.444. The number of nitrogens with zero attached hydrogens (tertiary/aromatic N) is 3. The fourth-order valence-electron chi connectivity index (χ4n) is 0.742. The van der Waals surface area contributed by atoms with Gasteiger partial charge >= 0.3 is 0 Å². The molecule has 0 aliphatic heterocycles. The van der Waals surface area contributed by atoms with Gasteiger partial charge in [0.25, 0.3) is 0 Å². The van der Waals surface area contributed by atoms with Crippen LogP contribution in [0.1, 0.15) is 18.9 Å². The van der Waals surface area contributed by atoms with Crippen molar-refractivity contribution in [2.45, 2.75) is 20.3 Å². The van der Waals surface area contributed by atoms with Gasteiger partial charge in [-0.2, -0.15) is 5.11 Å². The molecule has 1 aromatic rings. The SMILES string of the molecule is CCCN=Nc1ccc(C)cn1. The first-order chi connectivity index (χ1) is 5.83. The van der Waals surface area contributed by atoms with Crippen molar-refractivity contribution in [3.8, 4) is 0 Å². The molecular formula is C9H13N3. The lowest BCUT2D eigenvalue weighted by molar-refractivity contribution is 0.870. The van der Waals surface area contributed by atoms with Crippen molar-refractivity contribution in [1.82, 2.24) is 4.98 Å². The lowest BCUT2D eigenvalue weighted by Gasteiger charge is -1.91. The molecule has 1 heterocycles. The van der Waals surface area contributed by atoms with Crippen molar-refractivity contribution in [3.05, 3.63) is 23.9 Å². The topological polar surface area (TPSA) is 37.6 Å². The first-order valence-electron chi connectivity index (χ1n) is 4.13. The molecule has 0 N–H and O–H groups in total. The second-order valence-electron chi connectivity index (χ2n) is 2.66. The first kappa shape index (κ1) is 8.84. The minimum atomic E-state index is 0.689. The average Bonchev–Trinajstić information content (AvgIpc) is 2.09. The van der Waals surface area contributed by atoms with Crippen LogP contribution in [0.15, 0.2) is 28.6 Å². The van der Waals surface area contributed by atoms with Crippen LogP contribution in [0.25, 0.3) is 0 Å². The van der Waals surface area contributed by atoms with Gasteiger partial charge in [-0.15, -0.1) is 5.11 Å². The summed E-state index contributed by atoms with van der Waals surface area (Å²) in [4.78, 5) is 4.09. The van der Waals surface area contributed by atoms with Gasteiger partial charge in [0.1, 0.15) is 0 Å². The maximum Gasteiger partial charge on any atom is 0.173 e. The molecule has 1 aromatic heterocycles. The van der Waals surface area contributed by atoms with Crippen molar-refractivity contribution >= 4 is 5.82 Å². The molecule has 0 atom stereocenters. The molecule has 0 aliphatic carbocycles. The van der Waals surface area contributed by atoms with E-state index in [1.807, 2.05) is 19.1 Å². The van der Waals surface area contributed by atoms with E-state index in [2.05, 4.69) is 22.1 Å². The number of hydrogen-bond acceptors (Lipinski definition) is 3. The standard InChI is InChI=1S/C9H13N3/c1-3-6-11-12-9-5-4-8(2)7-10-9/h4-5,7H,3,6H2,1-2H3. The quantitative estimate of drug-likeness (QED) is 0.631. The van der Waals surface area contributed by atoms with Crippen LogP contribution in [0.5, 0.6) is 0 Å². The summed E-state index contributed by atoms with van der Waals surface area (Å²) in [6.45, 7) is 4.84. The monoisotopic (exact) mass is 163 g/mol. The van der Waals surface area contributed by atoms with E-state index in [-0.39, 0.29) is 0 Å². The molecule has 12 heavy (non-hydrogen) atoms. The molecule has 3 nitrogen and oxygen atoms in total. The first-order valence-corrected chi connectivity index (χ1v) is 4.13. The van der Waals surface area contributed by atoms with Crippen LogP contribution < -0.4 is 0 Å². The summed E-state index contributed by atoms with van der Waals surface area (Å²) in [6, 6.07) is 3.85. The molecule has 0 radical (unpaired) electrons. The maximum atomic E-state index is 4.09. The Hall–Kier alpha value is -1.25. The van der Waals surface area contributed by atoms with E-state index >= 15 is 0 Å². The zero-order valence-electron chi connectivity index (χ0n) is 7.49. The van der Waals surface area contributed by atoms with Gasteiger partial charge in [-0.3, -0.25) is 0 Å². The van der Waals surface area contributed by atoms with Gasteiger partial charge in [0.15, 0.2) is 5.82 Å². The second-order valence-corrected chi connectivity index (χ2v) is 2.66. The normalized spacial score (nSPS) is 10.8. The molecule has 0 saturated heterocycles. The van der Waals surface area contributed by atoms with E-state index in [0.717, 1.165) is 18.5 Å². The number of hydrogen-bond donors (Lipinski definition) is 0. The Morgan fingerprint density at radius 3 is 2.83 bits per heavy atom. The Morgan fingerprint density at radius 2 is 2.25 bits per heavy atom. The second kappa shape index (κ2) is 4.59. The highest BCUT2D eigenvalue weighted by atomic mass is 15.1. The molecule has 0 aromatic carbocycles. The summed E-state index contributed by atoms with van der Waals surface area (Å²) in [5, 5.41) is 7.90. The van der Waals surface area contributed by atoms with Crippen molar-refractivity contribution in [1.29, 1.82) is 0 Å². The van der Waals surface area contributed by atoms with Crippen LogP contribution >= 0.6 is 0 Å². The number of rotatable bonds is 3. The predicted molar refractivity (Wildman–Crippen MR) is 48.6 cm³/mol. The minimum absolute atomic E-state index is 0.689. The molecule has 3 heteroatoms. The van der Waals surface area contributed by atoms with Crippen molar-refractivity contribution in [2.24, 2.45) is 10.2 Å². The van der Waals surface area contributed by atoms with Gasteiger partial charge in [0.05, 0.1) is 6.54 Å². The summed E-state index contributed by atoms with van der Waals surface area (Å²) in [5.74, 6) is 0.689. The smallest absolute Gasteiger partial charge is 0.173 e. The molecule has 64 valence electrons. The lowest BCUT2D eigenvalue weighted by atomic mass is 10.3. The van der Waals surface area contributed by atoms with Gasteiger partial charge in [0.2, 0.25) is 0 Å². The van der Waals surface area contributed by atoms with Crippen LogP contribution in [0, 0.1) is 6.92 Å². The van der Waals surface area contributed by atoms with E-state index in [1.54, 1.807) is 6.20 Å². The molecule has 0 aliphatic rings. The number of azo groups is 1. The summed E-state index contributed by atoms with van der Waals surface area (Å²) in [5.41, 5.74) is 1.14.